The summed E-state index contributed by atoms with van der Waals surface area (Å²) in [6, 6.07) is 0. The Morgan fingerprint density at radius 1 is 1.50 bits per heavy atom. The quantitative estimate of drug-likeness (QED) is 0.765. The van der Waals surface area contributed by atoms with Crippen molar-refractivity contribution in [2.45, 2.75) is 65.3 Å². The second-order valence-corrected chi connectivity index (χ2v) is 6.47. The summed E-state index contributed by atoms with van der Waals surface area (Å²) in [4.78, 5) is 12.1. The van der Waals surface area contributed by atoms with Gasteiger partial charge in [-0.25, -0.2) is 0 Å². The predicted octanol–water partition coefficient (Wildman–Crippen LogP) is 2.71. The van der Waals surface area contributed by atoms with Gasteiger partial charge in [0.1, 0.15) is 0 Å². The van der Waals surface area contributed by atoms with Gasteiger partial charge in [0.15, 0.2) is 0 Å². The predicted molar refractivity (Wildman–Crippen MR) is 76.5 cm³/mol. The average Bonchev–Trinajstić information content (AvgIpc) is 2.28. The Morgan fingerprint density at radius 3 is 2.78 bits per heavy atom. The number of piperidine rings is 1. The normalized spacial score (nSPS) is 22.6. The highest BCUT2D eigenvalue weighted by Gasteiger charge is 2.24. The first-order chi connectivity index (χ1) is 8.44. The molecule has 0 saturated carbocycles. The molecule has 1 aliphatic rings. The van der Waals surface area contributed by atoms with Crippen molar-refractivity contribution in [3.63, 3.8) is 0 Å². The summed E-state index contributed by atoms with van der Waals surface area (Å²) in [5.41, 5.74) is -0.0592. The highest BCUT2D eigenvalue weighted by molar-refractivity contribution is 5.76. The maximum Gasteiger partial charge on any atom is 0.220 e. The van der Waals surface area contributed by atoms with Crippen molar-refractivity contribution in [2.24, 2.45) is 11.8 Å². The van der Waals surface area contributed by atoms with E-state index in [1.54, 1.807) is 0 Å². The zero-order valence-corrected chi connectivity index (χ0v) is 12.5. The highest BCUT2D eigenvalue weighted by Crippen LogP contribution is 2.23. The summed E-state index contributed by atoms with van der Waals surface area (Å²) in [5.74, 6) is 1.36. The van der Waals surface area contributed by atoms with Crippen molar-refractivity contribution in [1.82, 2.24) is 10.6 Å². The molecule has 0 bridgehead atoms. The Balaban J connectivity index is 2.34. The standard InChI is InChI=1S/C15H30N2O/c1-5-8-15(3,4)17-14(18)10-12(2)13-7-6-9-16-11-13/h12-13,16H,5-11H2,1-4H3,(H,17,18). The smallest absolute Gasteiger partial charge is 0.220 e. The maximum atomic E-state index is 12.1. The Labute approximate surface area is 112 Å². The monoisotopic (exact) mass is 254 g/mol. The van der Waals surface area contributed by atoms with Crippen molar-refractivity contribution in [3.05, 3.63) is 0 Å². The van der Waals surface area contributed by atoms with Crippen LogP contribution in [0.5, 0.6) is 0 Å². The van der Waals surface area contributed by atoms with Gasteiger partial charge in [0.25, 0.3) is 0 Å². The molecule has 3 nitrogen and oxygen atoms in total. The third-order valence-corrected chi connectivity index (χ3v) is 4.00. The molecule has 2 atom stereocenters. The fourth-order valence-corrected chi connectivity index (χ4v) is 2.94. The fourth-order valence-electron chi connectivity index (χ4n) is 2.94. The van der Waals surface area contributed by atoms with Crippen LogP contribution in [0.4, 0.5) is 0 Å². The van der Waals surface area contributed by atoms with Crippen LogP contribution < -0.4 is 10.6 Å². The van der Waals surface area contributed by atoms with E-state index in [0.717, 1.165) is 25.9 Å². The number of amides is 1. The molecule has 1 fully saturated rings. The molecule has 1 heterocycles. The van der Waals surface area contributed by atoms with Crippen molar-refractivity contribution in [3.8, 4) is 0 Å². The maximum absolute atomic E-state index is 12.1. The lowest BCUT2D eigenvalue weighted by Gasteiger charge is -2.30. The lowest BCUT2D eigenvalue weighted by molar-refractivity contribution is -0.124. The van der Waals surface area contributed by atoms with E-state index in [9.17, 15) is 4.79 Å². The van der Waals surface area contributed by atoms with E-state index in [4.69, 9.17) is 0 Å². The van der Waals surface area contributed by atoms with E-state index < -0.39 is 0 Å². The minimum absolute atomic E-state index is 0.0592. The minimum Gasteiger partial charge on any atom is -0.351 e. The average molecular weight is 254 g/mol. The van der Waals surface area contributed by atoms with E-state index in [0.29, 0.717) is 18.3 Å². The molecule has 1 rings (SSSR count). The molecular formula is C15H30N2O. The van der Waals surface area contributed by atoms with Gasteiger partial charge in [-0.3, -0.25) is 4.79 Å². The van der Waals surface area contributed by atoms with E-state index in [2.05, 4.69) is 38.3 Å². The molecule has 3 heteroatoms. The first-order valence-electron chi connectivity index (χ1n) is 7.46. The van der Waals surface area contributed by atoms with E-state index in [-0.39, 0.29) is 11.4 Å². The third-order valence-electron chi connectivity index (χ3n) is 4.00. The first kappa shape index (κ1) is 15.5. The van der Waals surface area contributed by atoms with Gasteiger partial charge >= 0.3 is 0 Å². The topological polar surface area (TPSA) is 41.1 Å². The van der Waals surface area contributed by atoms with Gasteiger partial charge in [-0.1, -0.05) is 20.3 Å². The van der Waals surface area contributed by atoms with E-state index >= 15 is 0 Å². The van der Waals surface area contributed by atoms with Gasteiger partial charge in [-0.15, -0.1) is 0 Å². The molecule has 18 heavy (non-hydrogen) atoms. The number of rotatable bonds is 6. The second kappa shape index (κ2) is 7.13. The van der Waals surface area contributed by atoms with Crippen LogP contribution in [0.2, 0.25) is 0 Å². The Hall–Kier alpha value is -0.570. The molecule has 1 saturated heterocycles. The number of carbonyl (C=O) groups is 1. The number of hydrogen-bond donors (Lipinski definition) is 2. The molecule has 0 aliphatic carbocycles. The van der Waals surface area contributed by atoms with E-state index in [1.807, 2.05) is 0 Å². The summed E-state index contributed by atoms with van der Waals surface area (Å²) in [7, 11) is 0. The second-order valence-electron chi connectivity index (χ2n) is 6.47. The number of hydrogen-bond acceptors (Lipinski definition) is 2. The van der Waals surface area contributed by atoms with Crippen LogP contribution in [-0.4, -0.2) is 24.5 Å². The lowest BCUT2D eigenvalue weighted by Crippen LogP contribution is -2.44. The van der Waals surface area contributed by atoms with Crippen molar-refractivity contribution >= 4 is 5.91 Å². The summed E-state index contributed by atoms with van der Waals surface area (Å²) < 4.78 is 0. The molecule has 0 aromatic heterocycles. The molecular weight excluding hydrogens is 224 g/mol. The molecule has 2 N–H and O–H groups in total. The molecule has 0 spiro atoms. The summed E-state index contributed by atoms with van der Waals surface area (Å²) in [5, 5.41) is 6.59. The van der Waals surface area contributed by atoms with Crippen LogP contribution in [0.3, 0.4) is 0 Å². The zero-order valence-electron chi connectivity index (χ0n) is 12.5. The Bertz CT molecular complexity index is 257. The summed E-state index contributed by atoms with van der Waals surface area (Å²) >= 11 is 0. The highest BCUT2D eigenvalue weighted by atomic mass is 16.1. The van der Waals surface area contributed by atoms with Crippen LogP contribution in [0, 0.1) is 11.8 Å². The third kappa shape index (κ3) is 5.38. The number of carbonyl (C=O) groups excluding carboxylic acids is 1. The zero-order chi connectivity index (χ0) is 13.6. The van der Waals surface area contributed by atoms with Crippen LogP contribution in [0.25, 0.3) is 0 Å². The van der Waals surface area contributed by atoms with Gasteiger partial charge in [-0.05, 0) is 58.0 Å². The molecule has 1 amide bonds. The van der Waals surface area contributed by atoms with Crippen LogP contribution >= 0.6 is 0 Å². The first-order valence-corrected chi connectivity index (χ1v) is 7.46. The van der Waals surface area contributed by atoms with Crippen LogP contribution in [0.15, 0.2) is 0 Å². The van der Waals surface area contributed by atoms with Gasteiger partial charge in [0, 0.05) is 12.0 Å². The minimum atomic E-state index is -0.0592. The van der Waals surface area contributed by atoms with Gasteiger partial charge in [-0.2, -0.15) is 0 Å². The summed E-state index contributed by atoms with van der Waals surface area (Å²) in [6.45, 7) is 10.8. The van der Waals surface area contributed by atoms with Crippen LogP contribution in [0.1, 0.15) is 59.8 Å². The Kier molecular flexibility index (Phi) is 6.13. The molecule has 1 aliphatic heterocycles. The number of nitrogens with one attached hydrogen (secondary N) is 2. The molecule has 2 unspecified atom stereocenters. The van der Waals surface area contributed by atoms with Crippen molar-refractivity contribution < 1.29 is 4.79 Å². The molecule has 0 aromatic carbocycles. The van der Waals surface area contributed by atoms with Crippen molar-refractivity contribution in [1.29, 1.82) is 0 Å². The molecule has 0 aromatic rings. The lowest BCUT2D eigenvalue weighted by atomic mass is 9.85. The van der Waals surface area contributed by atoms with E-state index in [1.165, 1.54) is 12.8 Å². The molecule has 106 valence electrons. The van der Waals surface area contributed by atoms with Crippen LogP contribution in [-0.2, 0) is 4.79 Å². The SMILES string of the molecule is CCCC(C)(C)NC(=O)CC(C)C1CCCNC1. The van der Waals surface area contributed by atoms with Gasteiger partial charge in [0.05, 0.1) is 0 Å². The fraction of sp³-hybridized carbons (Fsp3) is 0.933. The largest absolute Gasteiger partial charge is 0.351 e. The van der Waals surface area contributed by atoms with Gasteiger partial charge in [0.2, 0.25) is 5.91 Å². The Morgan fingerprint density at radius 2 is 2.22 bits per heavy atom. The van der Waals surface area contributed by atoms with Gasteiger partial charge < -0.3 is 10.6 Å². The summed E-state index contributed by atoms with van der Waals surface area (Å²) in [6.07, 6.45) is 5.32. The van der Waals surface area contributed by atoms with Crippen molar-refractivity contribution in [2.75, 3.05) is 13.1 Å². The molecule has 0 radical (unpaired) electrons.